The Labute approximate surface area is 69.4 Å². The lowest BCUT2D eigenvalue weighted by molar-refractivity contribution is -0.403. The molecule has 4 nitrogen and oxygen atoms in total. The van der Waals surface area contributed by atoms with E-state index in [-0.39, 0.29) is 5.38 Å². The first-order chi connectivity index (χ1) is 5.20. The zero-order valence-electron chi connectivity index (χ0n) is 5.92. The van der Waals surface area contributed by atoms with E-state index in [1.165, 1.54) is 0 Å². The monoisotopic (exact) mass is 176 g/mol. The van der Waals surface area contributed by atoms with Gasteiger partial charge in [0.15, 0.2) is 0 Å². The minimum Gasteiger partial charge on any atom is -0.382 e. The van der Waals surface area contributed by atoms with Gasteiger partial charge < -0.3 is 5.32 Å². The van der Waals surface area contributed by atoms with Gasteiger partial charge in [0, 0.05) is 6.54 Å². The van der Waals surface area contributed by atoms with Crippen LogP contribution in [0.4, 0.5) is 0 Å². The molecule has 0 amide bonds. The SMILES string of the molecule is O=[N+]([O-])C=C1NCCCC1Cl. The number of rotatable bonds is 1. The summed E-state index contributed by atoms with van der Waals surface area (Å²) in [6.45, 7) is 0.781. The standard InChI is InChI=1S/C6H9ClN2O2/c7-5-2-1-3-8-6(5)4-9(10)11/h4-5,8H,1-3H2. The third-order valence-electron chi connectivity index (χ3n) is 1.55. The summed E-state index contributed by atoms with van der Waals surface area (Å²) in [4.78, 5) is 9.56. The zero-order valence-corrected chi connectivity index (χ0v) is 6.67. The molecule has 0 saturated carbocycles. The summed E-state index contributed by atoms with van der Waals surface area (Å²) in [6.07, 6.45) is 2.73. The molecule has 1 heterocycles. The van der Waals surface area contributed by atoms with Gasteiger partial charge in [-0.1, -0.05) is 0 Å². The van der Waals surface area contributed by atoms with Gasteiger partial charge in [-0.3, -0.25) is 10.1 Å². The number of allylic oxidation sites excluding steroid dienone is 1. The van der Waals surface area contributed by atoms with Gasteiger partial charge in [-0.15, -0.1) is 11.6 Å². The second-order valence-corrected chi connectivity index (χ2v) is 2.93. The third kappa shape index (κ3) is 2.38. The molecule has 1 atom stereocenters. The molecule has 1 unspecified atom stereocenters. The van der Waals surface area contributed by atoms with Crippen LogP contribution in [0.2, 0.25) is 0 Å². The summed E-state index contributed by atoms with van der Waals surface area (Å²) >= 11 is 5.79. The molecule has 1 aliphatic heterocycles. The van der Waals surface area contributed by atoms with Gasteiger partial charge in [0.25, 0.3) is 6.20 Å². The van der Waals surface area contributed by atoms with E-state index >= 15 is 0 Å². The van der Waals surface area contributed by atoms with Crippen molar-refractivity contribution in [2.45, 2.75) is 18.2 Å². The summed E-state index contributed by atoms with van der Waals surface area (Å²) in [5.41, 5.74) is 0.530. The second-order valence-electron chi connectivity index (χ2n) is 2.41. The van der Waals surface area contributed by atoms with E-state index < -0.39 is 4.92 Å². The molecule has 0 aliphatic carbocycles. The Balaban J connectivity index is 2.60. The maximum Gasteiger partial charge on any atom is 0.254 e. The van der Waals surface area contributed by atoms with E-state index in [4.69, 9.17) is 11.6 Å². The summed E-state index contributed by atoms with van der Waals surface area (Å²) in [6, 6.07) is 0. The number of alkyl halides is 1. The van der Waals surface area contributed by atoms with Crippen molar-refractivity contribution in [2.75, 3.05) is 6.54 Å². The molecule has 0 aromatic heterocycles. The van der Waals surface area contributed by atoms with Crippen molar-refractivity contribution in [3.8, 4) is 0 Å². The van der Waals surface area contributed by atoms with Crippen molar-refractivity contribution in [3.05, 3.63) is 22.0 Å². The van der Waals surface area contributed by atoms with Crippen LogP contribution in [-0.4, -0.2) is 16.8 Å². The quantitative estimate of drug-likeness (QED) is 0.370. The normalized spacial score (nSPS) is 28.1. The van der Waals surface area contributed by atoms with Crippen LogP contribution in [0.15, 0.2) is 11.9 Å². The van der Waals surface area contributed by atoms with E-state index in [0.29, 0.717) is 5.70 Å². The number of piperidine rings is 1. The fourth-order valence-corrected chi connectivity index (χ4v) is 1.31. The Morgan fingerprint density at radius 3 is 3.09 bits per heavy atom. The van der Waals surface area contributed by atoms with Crippen LogP contribution in [0.25, 0.3) is 0 Å². The third-order valence-corrected chi connectivity index (χ3v) is 2.00. The lowest BCUT2D eigenvalue weighted by Crippen LogP contribution is -2.28. The van der Waals surface area contributed by atoms with Gasteiger partial charge in [0.2, 0.25) is 0 Å². The molecule has 0 aromatic rings. The van der Waals surface area contributed by atoms with Crippen LogP contribution < -0.4 is 5.32 Å². The number of nitrogens with one attached hydrogen (secondary N) is 1. The average molecular weight is 177 g/mol. The van der Waals surface area contributed by atoms with Crippen LogP contribution in [0, 0.1) is 10.1 Å². The van der Waals surface area contributed by atoms with E-state index in [9.17, 15) is 10.1 Å². The lowest BCUT2D eigenvalue weighted by atomic mass is 10.1. The summed E-state index contributed by atoms with van der Waals surface area (Å²) in [5, 5.41) is 12.7. The molecule has 1 saturated heterocycles. The van der Waals surface area contributed by atoms with E-state index in [0.717, 1.165) is 25.6 Å². The van der Waals surface area contributed by atoms with Gasteiger partial charge in [0.1, 0.15) is 0 Å². The van der Waals surface area contributed by atoms with Crippen LogP contribution in [-0.2, 0) is 0 Å². The molecule has 1 rings (SSSR count). The molecule has 62 valence electrons. The Bertz CT molecular complexity index is 193. The van der Waals surface area contributed by atoms with Crippen LogP contribution in [0.3, 0.4) is 0 Å². The molecule has 0 spiro atoms. The van der Waals surface area contributed by atoms with Crippen LogP contribution in [0.1, 0.15) is 12.8 Å². The van der Waals surface area contributed by atoms with Crippen LogP contribution in [0.5, 0.6) is 0 Å². The minimum absolute atomic E-state index is 0.214. The highest BCUT2D eigenvalue weighted by Crippen LogP contribution is 2.17. The summed E-state index contributed by atoms with van der Waals surface area (Å²) in [7, 11) is 0. The maximum absolute atomic E-state index is 10.0. The predicted molar refractivity (Wildman–Crippen MR) is 42.0 cm³/mol. The van der Waals surface area contributed by atoms with Crippen molar-refractivity contribution < 1.29 is 4.92 Å². The van der Waals surface area contributed by atoms with E-state index in [2.05, 4.69) is 5.32 Å². The van der Waals surface area contributed by atoms with Gasteiger partial charge in [-0.25, -0.2) is 0 Å². The van der Waals surface area contributed by atoms with Gasteiger partial charge in [-0.2, -0.15) is 0 Å². The number of halogens is 1. The second kappa shape index (κ2) is 3.57. The minimum atomic E-state index is -0.483. The molecule has 1 aliphatic rings. The Morgan fingerprint density at radius 1 is 1.82 bits per heavy atom. The molecular weight excluding hydrogens is 168 g/mol. The van der Waals surface area contributed by atoms with Crippen molar-refractivity contribution in [1.29, 1.82) is 0 Å². The van der Waals surface area contributed by atoms with Gasteiger partial charge in [0.05, 0.1) is 16.0 Å². The highest BCUT2D eigenvalue weighted by molar-refractivity contribution is 6.22. The topological polar surface area (TPSA) is 55.2 Å². The molecule has 5 heteroatoms. The predicted octanol–water partition coefficient (Wildman–Crippen LogP) is 1.10. The number of nitro groups is 1. The molecular formula is C6H9ClN2O2. The van der Waals surface area contributed by atoms with Crippen molar-refractivity contribution >= 4 is 11.6 Å². The van der Waals surface area contributed by atoms with Crippen LogP contribution >= 0.6 is 11.6 Å². The van der Waals surface area contributed by atoms with Crippen molar-refractivity contribution in [3.63, 3.8) is 0 Å². The molecule has 1 fully saturated rings. The summed E-state index contributed by atoms with van der Waals surface area (Å²) in [5.74, 6) is 0. The molecule has 0 radical (unpaired) electrons. The number of nitrogens with zero attached hydrogens (tertiary/aromatic N) is 1. The maximum atomic E-state index is 10.0. The first-order valence-electron chi connectivity index (χ1n) is 3.43. The lowest BCUT2D eigenvalue weighted by Gasteiger charge is -2.19. The largest absolute Gasteiger partial charge is 0.382 e. The fourth-order valence-electron chi connectivity index (χ4n) is 1.02. The summed E-state index contributed by atoms with van der Waals surface area (Å²) < 4.78 is 0. The zero-order chi connectivity index (χ0) is 8.27. The first kappa shape index (κ1) is 8.33. The van der Waals surface area contributed by atoms with Crippen molar-refractivity contribution in [1.82, 2.24) is 5.32 Å². The first-order valence-corrected chi connectivity index (χ1v) is 3.87. The molecule has 11 heavy (non-hydrogen) atoms. The highest BCUT2D eigenvalue weighted by Gasteiger charge is 2.18. The van der Waals surface area contributed by atoms with E-state index in [1.807, 2.05) is 0 Å². The molecule has 1 N–H and O–H groups in total. The number of hydrogen-bond donors (Lipinski definition) is 1. The van der Waals surface area contributed by atoms with E-state index in [1.54, 1.807) is 0 Å². The smallest absolute Gasteiger partial charge is 0.254 e. The Hall–Kier alpha value is -0.770. The van der Waals surface area contributed by atoms with Crippen molar-refractivity contribution in [2.24, 2.45) is 0 Å². The molecule has 0 aromatic carbocycles. The fraction of sp³-hybridized carbons (Fsp3) is 0.667. The van der Waals surface area contributed by atoms with Gasteiger partial charge >= 0.3 is 0 Å². The Morgan fingerprint density at radius 2 is 2.55 bits per heavy atom. The highest BCUT2D eigenvalue weighted by atomic mass is 35.5. The average Bonchev–Trinajstić information content (AvgIpc) is 1.93. The molecule has 0 bridgehead atoms. The van der Waals surface area contributed by atoms with Gasteiger partial charge in [-0.05, 0) is 12.8 Å². The Kier molecular flexibility index (Phi) is 2.70. The number of hydrogen-bond acceptors (Lipinski definition) is 3.